The first kappa shape index (κ1) is 13.1. The van der Waals surface area contributed by atoms with E-state index in [1.807, 2.05) is 6.07 Å². The van der Waals surface area contributed by atoms with E-state index in [2.05, 4.69) is 22.2 Å². The number of nitrogens with zero attached hydrogens (tertiary/aromatic N) is 2. The summed E-state index contributed by atoms with van der Waals surface area (Å²) in [6, 6.07) is 1.83. The van der Waals surface area contributed by atoms with E-state index < -0.39 is 0 Å². The normalized spacial score (nSPS) is 18.9. The number of anilines is 1. The second-order valence-corrected chi connectivity index (χ2v) is 4.44. The van der Waals surface area contributed by atoms with Gasteiger partial charge in [0.2, 0.25) is 5.88 Å². The minimum atomic E-state index is 0.0202. The van der Waals surface area contributed by atoms with Gasteiger partial charge >= 0.3 is 0 Å². The first-order chi connectivity index (χ1) is 8.83. The van der Waals surface area contributed by atoms with Crippen LogP contribution in [0.3, 0.4) is 0 Å². The fourth-order valence-electron chi connectivity index (χ4n) is 1.96. The van der Waals surface area contributed by atoms with E-state index in [0.29, 0.717) is 5.88 Å². The first-order valence-corrected chi connectivity index (χ1v) is 6.62. The quantitative estimate of drug-likeness (QED) is 0.787. The lowest BCUT2D eigenvalue weighted by Crippen LogP contribution is -2.09. The van der Waals surface area contributed by atoms with Crippen LogP contribution in [0.25, 0.3) is 0 Å². The Balaban J connectivity index is 2.10. The van der Waals surface area contributed by atoms with Crippen LogP contribution < -0.4 is 10.1 Å². The molecule has 2 heterocycles. The van der Waals surface area contributed by atoms with Gasteiger partial charge in [-0.05, 0) is 19.3 Å². The van der Waals surface area contributed by atoms with Crippen LogP contribution in [0, 0.1) is 0 Å². The van der Waals surface area contributed by atoms with Crippen LogP contribution >= 0.6 is 0 Å². The molecule has 1 atom stereocenters. The third-order valence-corrected chi connectivity index (χ3v) is 2.98. The summed E-state index contributed by atoms with van der Waals surface area (Å²) in [4.78, 5) is 8.87. The van der Waals surface area contributed by atoms with Gasteiger partial charge in [-0.25, -0.2) is 4.98 Å². The Morgan fingerprint density at radius 1 is 1.50 bits per heavy atom. The number of hydrogen-bond acceptors (Lipinski definition) is 5. The molecule has 1 saturated heterocycles. The van der Waals surface area contributed by atoms with Crippen molar-refractivity contribution >= 4 is 5.82 Å². The smallest absolute Gasteiger partial charge is 0.218 e. The van der Waals surface area contributed by atoms with Crippen LogP contribution in [-0.2, 0) is 4.74 Å². The van der Waals surface area contributed by atoms with E-state index in [-0.39, 0.29) is 6.10 Å². The Kier molecular flexibility index (Phi) is 4.75. The van der Waals surface area contributed by atoms with Crippen LogP contribution in [0.4, 0.5) is 5.82 Å². The molecule has 0 aromatic carbocycles. The minimum Gasteiger partial charge on any atom is -0.481 e. The number of aromatic nitrogens is 2. The van der Waals surface area contributed by atoms with E-state index >= 15 is 0 Å². The fraction of sp³-hybridized carbons (Fsp3) is 0.692. The standard InChI is InChI=1S/C13H21N3O2/c1-3-4-7-14-11-9-12(17-2)16-13(15-11)10-6-5-8-18-10/h9-10H,3-8H2,1-2H3,(H,14,15,16). The van der Waals surface area contributed by atoms with Gasteiger partial charge in [-0.2, -0.15) is 4.98 Å². The number of unbranched alkanes of at least 4 members (excludes halogenated alkanes) is 1. The molecule has 0 aliphatic carbocycles. The summed E-state index contributed by atoms with van der Waals surface area (Å²) in [5, 5.41) is 3.30. The Bertz CT molecular complexity index is 378. The second kappa shape index (κ2) is 6.54. The lowest BCUT2D eigenvalue weighted by atomic mass is 10.2. The molecule has 1 unspecified atom stereocenters. The number of rotatable bonds is 6. The molecule has 0 radical (unpaired) electrons. The van der Waals surface area contributed by atoms with Gasteiger partial charge < -0.3 is 14.8 Å². The van der Waals surface area contributed by atoms with Crippen molar-refractivity contribution < 1.29 is 9.47 Å². The van der Waals surface area contributed by atoms with Gasteiger partial charge in [0.25, 0.3) is 0 Å². The van der Waals surface area contributed by atoms with Crippen molar-refractivity contribution in [1.82, 2.24) is 9.97 Å². The molecule has 100 valence electrons. The Hall–Kier alpha value is -1.36. The van der Waals surface area contributed by atoms with Crippen LogP contribution in [-0.4, -0.2) is 30.2 Å². The van der Waals surface area contributed by atoms with E-state index in [0.717, 1.165) is 50.5 Å². The summed E-state index contributed by atoms with van der Waals surface area (Å²) in [6.45, 7) is 3.88. The average Bonchev–Trinajstić information content (AvgIpc) is 2.92. The van der Waals surface area contributed by atoms with Gasteiger partial charge in [0.05, 0.1) is 7.11 Å². The van der Waals surface area contributed by atoms with E-state index in [1.165, 1.54) is 0 Å². The Labute approximate surface area is 108 Å². The molecule has 2 rings (SSSR count). The lowest BCUT2D eigenvalue weighted by Gasteiger charge is -2.12. The summed E-state index contributed by atoms with van der Waals surface area (Å²) < 4.78 is 10.8. The molecule has 1 aromatic heterocycles. The summed E-state index contributed by atoms with van der Waals surface area (Å²) in [5.74, 6) is 2.14. The molecule has 18 heavy (non-hydrogen) atoms. The van der Waals surface area contributed by atoms with Crippen LogP contribution in [0.2, 0.25) is 0 Å². The largest absolute Gasteiger partial charge is 0.481 e. The number of nitrogens with one attached hydrogen (secondary N) is 1. The van der Waals surface area contributed by atoms with Crippen molar-refractivity contribution in [2.45, 2.75) is 38.7 Å². The third-order valence-electron chi connectivity index (χ3n) is 2.98. The van der Waals surface area contributed by atoms with E-state index in [9.17, 15) is 0 Å². The minimum absolute atomic E-state index is 0.0202. The van der Waals surface area contributed by atoms with E-state index in [1.54, 1.807) is 7.11 Å². The van der Waals surface area contributed by atoms with E-state index in [4.69, 9.17) is 9.47 Å². The van der Waals surface area contributed by atoms with Crippen molar-refractivity contribution in [2.24, 2.45) is 0 Å². The van der Waals surface area contributed by atoms with Gasteiger partial charge in [-0.15, -0.1) is 0 Å². The third kappa shape index (κ3) is 3.32. The van der Waals surface area contributed by atoms with Gasteiger partial charge in [-0.1, -0.05) is 13.3 Å². The predicted molar refractivity (Wildman–Crippen MR) is 69.9 cm³/mol. The summed E-state index contributed by atoms with van der Waals surface area (Å²) >= 11 is 0. The zero-order chi connectivity index (χ0) is 12.8. The molecular weight excluding hydrogens is 230 g/mol. The molecule has 1 aliphatic rings. The highest BCUT2D eigenvalue weighted by Crippen LogP contribution is 2.28. The highest BCUT2D eigenvalue weighted by Gasteiger charge is 2.21. The fourth-order valence-corrected chi connectivity index (χ4v) is 1.96. The molecule has 0 spiro atoms. The van der Waals surface area contributed by atoms with Crippen molar-refractivity contribution in [1.29, 1.82) is 0 Å². The van der Waals surface area contributed by atoms with Crippen molar-refractivity contribution in [3.8, 4) is 5.88 Å². The molecule has 0 saturated carbocycles. The van der Waals surface area contributed by atoms with Gasteiger partial charge in [0.1, 0.15) is 11.9 Å². The average molecular weight is 251 g/mol. The maximum atomic E-state index is 5.61. The topological polar surface area (TPSA) is 56.3 Å². The monoisotopic (exact) mass is 251 g/mol. The van der Waals surface area contributed by atoms with Crippen molar-refractivity contribution in [2.75, 3.05) is 25.6 Å². The molecule has 1 fully saturated rings. The molecular formula is C13H21N3O2. The summed E-state index contributed by atoms with van der Waals surface area (Å²) in [5.41, 5.74) is 0. The number of methoxy groups -OCH3 is 1. The zero-order valence-electron chi connectivity index (χ0n) is 11.1. The summed E-state index contributed by atoms with van der Waals surface area (Å²) in [7, 11) is 1.62. The van der Waals surface area contributed by atoms with Crippen LogP contribution in [0.15, 0.2) is 6.07 Å². The molecule has 5 nitrogen and oxygen atoms in total. The van der Waals surface area contributed by atoms with Crippen molar-refractivity contribution in [3.05, 3.63) is 11.9 Å². The molecule has 5 heteroatoms. The number of ether oxygens (including phenoxy) is 2. The van der Waals surface area contributed by atoms with Gasteiger partial charge in [0, 0.05) is 19.2 Å². The van der Waals surface area contributed by atoms with Crippen molar-refractivity contribution in [3.63, 3.8) is 0 Å². The second-order valence-electron chi connectivity index (χ2n) is 4.44. The predicted octanol–water partition coefficient (Wildman–Crippen LogP) is 2.55. The Morgan fingerprint density at radius 2 is 2.39 bits per heavy atom. The molecule has 1 aliphatic heterocycles. The molecule has 1 N–H and O–H groups in total. The molecule has 0 amide bonds. The first-order valence-electron chi connectivity index (χ1n) is 6.62. The zero-order valence-corrected chi connectivity index (χ0v) is 11.1. The highest BCUT2D eigenvalue weighted by atomic mass is 16.5. The summed E-state index contributed by atoms with van der Waals surface area (Å²) in [6.07, 6.45) is 4.37. The lowest BCUT2D eigenvalue weighted by molar-refractivity contribution is 0.104. The maximum absolute atomic E-state index is 5.61. The number of hydrogen-bond donors (Lipinski definition) is 1. The SMILES string of the molecule is CCCCNc1cc(OC)nc(C2CCCO2)n1. The molecule has 0 bridgehead atoms. The van der Waals surface area contributed by atoms with Crippen LogP contribution in [0.1, 0.15) is 44.5 Å². The maximum Gasteiger partial charge on any atom is 0.218 e. The van der Waals surface area contributed by atoms with Crippen LogP contribution in [0.5, 0.6) is 5.88 Å². The van der Waals surface area contributed by atoms with Gasteiger partial charge in [0.15, 0.2) is 5.82 Å². The Morgan fingerprint density at radius 3 is 3.06 bits per heavy atom. The van der Waals surface area contributed by atoms with Gasteiger partial charge in [-0.3, -0.25) is 0 Å². The molecule has 1 aromatic rings. The highest BCUT2D eigenvalue weighted by molar-refractivity contribution is 5.38.